The van der Waals surface area contributed by atoms with Crippen LogP contribution in [-0.2, 0) is 14.8 Å². The van der Waals surface area contributed by atoms with Crippen molar-refractivity contribution in [3.63, 3.8) is 0 Å². The number of anilines is 1. The van der Waals surface area contributed by atoms with Crippen LogP contribution in [-0.4, -0.2) is 37.0 Å². The zero-order valence-electron chi connectivity index (χ0n) is 13.5. The zero-order valence-corrected chi connectivity index (χ0v) is 14.3. The SMILES string of the molecule is Cc1cccc(NC(=O)CN(C(C)(C)C)S(C)(=O)=O)c1C. The molecule has 1 aromatic carbocycles. The fourth-order valence-corrected chi connectivity index (χ4v) is 3.41. The maximum atomic E-state index is 12.2. The molecule has 0 aliphatic rings. The van der Waals surface area contributed by atoms with Crippen LogP contribution in [0.1, 0.15) is 31.9 Å². The molecule has 5 nitrogen and oxygen atoms in total. The molecule has 0 heterocycles. The van der Waals surface area contributed by atoms with Gasteiger partial charge in [0.25, 0.3) is 0 Å². The topological polar surface area (TPSA) is 66.5 Å². The number of sulfonamides is 1. The first kappa shape index (κ1) is 17.7. The van der Waals surface area contributed by atoms with Gasteiger partial charge in [0.2, 0.25) is 15.9 Å². The monoisotopic (exact) mass is 312 g/mol. The molecule has 1 amide bonds. The lowest BCUT2D eigenvalue weighted by atomic mass is 10.1. The van der Waals surface area contributed by atoms with Crippen LogP contribution >= 0.6 is 0 Å². The lowest BCUT2D eigenvalue weighted by molar-refractivity contribution is -0.117. The summed E-state index contributed by atoms with van der Waals surface area (Å²) in [6.45, 7) is 8.97. The molecule has 1 N–H and O–H groups in total. The molecule has 0 bridgehead atoms. The van der Waals surface area contributed by atoms with Crippen LogP contribution in [0.25, 0.3) is 0 Å². The Morgan fingerprint density at radius 2 is 1.81 bits per heavy atom. The molecule has 0 spiro atoms. The summed E-state index contributed by atoms with van der Waals surface area (Å²) >= 11 is 0. The Kier molecular flexibility index (Phi) is 5.17. The summed E-state index contributed by atoms with van der Waals surface area (Å²) in [6, 6.07) is 5.63. The second kappa shape index (κ2) is 6.15. The minimum absolute atomic E-state index is 0.199. The molecule has 1 rings (SSSR count). The van der Waals surface area contributed by atoms with Crippen molar-refractivity contribution in [1.82, 2.24) is 4.31 Å². The molecule has 0 aromatic heterocycles. The van der Waals surface area contributed by atoms with Gasteiger partial charge in [-0.25, -0.2) is 8.42 Å². The summed E-state index contributed by atoms with van der Waals surface area (Å²) in [4.78, 5) is 12.2. The molecule has 6 heteroatoms. The van der Waals surface area contributed by atoms with Crippen LogP contribution in [0.4, 0.5) is 5.69 Å². The number of hydrogen-bond donors (Lipinski definition) is 1. The van der Waals surface area contributed by atoms with Gasteiger partial charge in [-0.3, -0.25) is 4.79 Å². The normalized spacial score (nSPS) is 12.5. The lowest BCUT2D eigenvalue weighted by Crippen LogP contribution is -2.48. The predicted octanol–water partition coefficient (Wildman–Crippen LogP) is 2.30. The predicted molar refractivity (Wildman–Crippen MR) is 85.8 cm³/mol. The van der Waals surface area contributed by atoms with Gasteiger partial charge in [-0.2, -0.15) is 4.31 Å². The first-order chi connectivity index (χ1) is 9.43. The molecule has 0 aliphatic heterocycles. The minimum atomic E-state index is -3.46. The highest BCUT2D eigenvalue weighted by Gasteiger charge is 2.31. The van der Waals surface area contributed by atoms with E-state index in [2.05, 4.69) is 5.32 Å². The van der Waals surface area contributed by atoms with Crippen molar-refractivity contribution in [2.45, 2.75) is 40.2 Å². The highest BCUT2D eigenvalue weighted by molar-refractivity contribution is 7.88. The van der Waals surface area contributed by atoms with Crippen molar-refractivity contribution in [2.75, 3.05) is 18.1 Å². The van der Waals surface area contributed by atoms with E-state index in [9.17, 15) is 13.2 Å². The van der Waals surface area contributed by atoms with Crippen molar-refractivity contribution >= 4 is 21.6 Å². The first-order valence-corrected chi connectivity index (χ1v) is 8.61. The molecule has 118 valence electrons. The van der Waals surface area contributed by atoms with Crippen molar-refractivity contribution < 1.29 is 13.2 Å². The molecular weight excluding hydrogens is 288 g/mol. The van der Waals surface area contributed by atoms with Crippen molar-refractivity contribution in [3.05, 3.63) is 29.3 Å². The molecule has 0 fully saturated rings. The molecule has 0 saturated carbocycles. The number of carbonyl (C=O) groups excluding carboxylic acids is 1. The number of benzene rings is 1. The van der Waals surface area contributed by atoms with Crippen molar-refractivity contribution in [1.29, 1.82) is 0 Å². The van der Waals surface area contributed by atoms with Gasteiger partial charge in [0.1, 0.15) is 0 Å². The van der Waals surface area contributed by atoms with E-state index in [4.69, 9.17) is 0 Å². The van der Waals surface area contributed by atoms with Gasteiger partial charge >= 0.3 is 0 Å². The highest BCUT2D eigenvalue weighted by atomic mass is 32.2. The molecule has 0 unspecified atom stereocenters. The van der Waals surface area contributed by atoms with Crippen LogP contribution in [0.2, 0.25) is 0 Å². The quantitative estimate of drug-likeness (QED) is 0.927. The number of rotatable bonds is 4. The summed E-state index contributed by atoms with van der Waals surface area (Å²) in [5.74, 6) is -0.343. The standard InChI is InChI=1S/C15H24N2O3S/c1-11-8-7-9-13(12(11)2)16-14(18)10-17(15(3,4)5)21(6,19)20/h7-9H,10H2,1-6H3,(H,16,18). The fourth-order valence-electron chi connectivity index (χ4n) is 2.06. The van der Waals surface area contributed by atoms with E-state index in [-0.39, 0.29) is 12.5 Å². The van der Waals surface area contributed by atoms with E-state index in [1.54, 1.807) is 20.8 Å². The number of aryl methyl sites for hydroxylation is 1. The Balaban J connectivity index is 2.92. The summed E-state index contributed by atoms with van der Waals surface area (Å²) in [5.41, 5.74) is 2.12. The van der Waals surface area contributed by atoms with E-state index >= 15 is 0 Å². The van der Waals surface area contributed by atoms with Gasteiger partial charge in [-0.05, 0) is 51.8 Å². The fraction of sp³-hybridized carbons (Fsp3) is 0.533. The Morgan fingerprint density at radius 1 is 1.24 bits per heavy atom. The molecule has 21 heavy (non-hydrogen) atoms. The number of nitrogens with one attached hydrogen (secondary N) is 1. The Labute approximate surface area is 127 Å². The van der Waals surface area contributed by atoms with Crippen LogP contribution in [0.5, 0.6) is 0 Å². The second-order valence-corrected chi connectivity index (χ2v) is 8.14. The third kappa shape index (κ3) is 4.82. The average Bonchev–Trinajstić information content (AvgIpc) is 2.29. The van der Waals surface area contributed by atoms with Gasteiger partial charge in [0.05, 0.1) is 12.8 Å². The molecule has 0 radical (unpaired) electrons. The van der Waals surface area contributed by atoms with E-state index < -0.39 is 15.6 Å². The van der Waals surface area contributed by atoms with E-state index in [1.165, 1.54) is 4.31 Å². The van der Waals surface area contributed by atoms with Gasteiger partial charge < -0.3 is 5.32 Å². The van der Waals surface area contributed by atoms with Crippen molar-refractivity contribution in [2.24, 2.45) is 0 Å². The summed E-state index contributed by atoms with van der Waals surface area (Å²) in [5, 5.41) is 2.78. The smallest absolute Gasteiger partial charge is 0.239 e. The lowest BCUT2D eigenvalue weighted by Gasteiger charge is -2.32. The van der Waals surface area contributed by atoms with Gasteiger partial charge in [0.15, 0.2) is 0 Å². The van der Waals surface area contributed by atoms with Crippen LogP contribution in [0.15, 0.2) is 18.2 Å². The Bertz CT molecular complexity index is 631. The highest BCUT2D eigenvalue weighted by Crippen LogP contribution is 2.20. The third-order valence-electron chi connectivity index (χ3n) is 3.31. The molecule has 1 aromatic rings. The zero-order chi connectivity index (χ0) is 16.4. The number of carbonyl (C=O) groups is 1. The summed E-state index contributed by atoms with van der Waals surface area (Å²) in [6.07, 6.45) is 1.11. The summed E-state index contributed by atoms with van der Waals surface area (Å²) < 4.78 is 24.9. The van der Waals surface area contributed by atoms with Crippen LogP contribution in [0.3, 0.4) is 0 Å². The number of hydrogen-bond acceptors (Lipinski definition) is 3. The van der Waals surface area contributed by atoms with Gasteiger partial charge in [-0.1, -0.05) is 12.1 Å². The Morgan fingerprint density at radius 3 is 2.29 bits per heavy atom. The Hall–Kier alpha value is -1.40. The minimum Gasteiger partial charge on any atom is -0.325 e. The number of nitrogens with zero attached hydrogens (tertiary/aromatic N) is 1. The summed E-state index contributed by atoms with van der Waals surface area (Å²) in [7, 11) is -3.46. The molecule has 0 saturated heterocycles. The number of amides is 1. The van der Waals surface area contributed by atoms with Crippen molar-refractivity contribution in [3.8, 4) is 0 Å². The molecule has 0 aliphatic carbocycles. The van der Waals surface area contributed by atoms with Gasteiger partial charge in [0, 0.05) is 11.2 Å². The average molecular weight is 312 g/mol. The van der Waals surface area contributed by atoms with E-state index in [1.807, 2.05) is 32.0 Å². The largest absolute Gasteiger partial charge is 0.325 e. The molecular formula is C15H24N2O3S. The van der Waals surface area contributed by atoms with Gasteiger partial charge in [-0.15, -0.1) is 0 Å². The van der Waals surface area contributed by atoms with E-state index in [0.29, 0.717) is 5.69 Å². The molecule has 0 atom stereocenters. The van der Waals surface area contributed by atoms with E-state index in [0.717, 1.165) is 17.4 Å². The maximum Gasteiger partial charge on any atom is 0.239 e. The third-order valence-corrected chi connectivity index (χ3v) is 4.79. The first-order valence-electron chi connectivity index (χ1n) is 6.77. The van der Waals surface area contributed by atoms with Crippen LogP contribution in [0, 0.1) is 13.8 Å². The second-order valence-electron chi connectivity index (χ2n) is 6.24. The maximum absolute atomic E-state index is 12.2. The van der Waals surface area contributed by atoms with Crippen LogP contribution < -0.4 is 5.32 Å².